The molecule has 1 aromatic rings. The number of nitrogens with one attached hydrogen (secondary N) is 2. The van der Waals surface area contributed by atoms with Crippen molar-refractivity contribution in [3.05, 3.63) is 24.3 Å². The summed E-state index contributed by atoms with van der Waals surface area (Å²) in [5.74, 6) is 0.347. The van der Waals surface area contributed by atoms with Crippen molar-refractivity contribution in [2.45, 2.75) is 40.0 Å². The van der Waals surface area contributed by atoms with Gasteiger partial charge in [0.15, 0.2) is 0 Å². The highest BCUT2D eigenvalue weighted by molar-refractivity contribution is 5.94. The average molecular weight is 262 g/mol. The highest BCUT2D eigenvalue weighted by Crippen LogP contribution is 2.16. The second-order valence-electron chi connectivity index (χ2n) is 4.75. The van der Waals surface area contributed by atoms with E-state index in [0.717, 1.165) is 6.42 Å². The number of anilines is 2. The zero-order valence-electron chi connectivity index (χ0n) is 11.8. The molecular formula is C15H22N2O2. The molecule has 0 aromatic heterocycles. The summed E-state index contributed by atoms with van der Waals surface area (Å²) >= 11 is 0. The lowest BCUT2D eigenvalue weighted by molar-refractivity contribution is -0.117. The van der Waals surface area contributed by atoms with E-state index in [0.29, 0.717) is 30.1 Å². The van der Waals surface area contributed by atoms with Crippen molar-refractivity contribution in [1.29, 1.82) is 0 Å². The van der Waals surface area contributed by atoms with Crippen LogP contribution in [0.4, 0.5) is 11.4 Å². The quantitative estimate of drug-likeness (QED) is 0.825. The van der Waals surface area contributed by atoms with E-state index in [9.17, 15) is 9.59 Å². The molecule has 0 saturated carbocycles. The van der Waals surface area contributed by atoms with Gasteiger partial charge in [-0.25, -0.2) is 0 Å². The minimum Gasteiger partial charge on any atom is -0.326 e. The van der Waals surface area contributed by atoms with E-state index >= 15 is 0 Å². The zero-order valence-corrected chi connectivity index (χ0v) is 11.8. The molecule has 2 amide bonds. The molecular weight excluding hydrogens is 240 g/mol. The number of benzene rings is 1. The Hall–Kier alpha value is -1.84. The van der Waals surface area contributed by atoms with E-state index in [2.05, 4.69) is 24.5 Å². The zero-order chi connectivity index (χ0) is 14.3. The van der Waals surface area contributed by atoms with Crippen LogP contribution in [0.5, 0.6) is 0 Å². The summed E-state index contributed by atoms with van der Waals surface area (Å²) in [6.45, 7) is 5.92. The first kappa shape index (κ1) is 15.2. The molecule has 0 aliphatic carbocycles. The summed E-state index contributed by atoms with van der Waals surface area (Å²) < 4.78 is 0. The van der Waals surface area contributed by atoms with Gasteiger partial charge in [-0.3, -0.25) is 9.59 Å². The van der Waals surface area contributed by atoms with Crippen LogP contribution in [-0.2, 0) is 9.59 Å². The van der Waals surface area contributed by atoms with Gasteiger partial charge in [-0.15, -0.1) is 0 Å². The molecule has 0 fully saturated rings. The molecule has 0 aliphatic heterocycles. The van der Waals surface area contributed by atoms with Crippen molar-refractivity contribution in [1.82, 2.24) is 0 Å². The fourth-order valence-electron chi connectivity index (χ4n) is 1.60. The molecule has 104 valence electrons. The van der Waals surface area contributed by atoms with Crippen LogP contribution < -0.4 is 10.6 Å². The Morgan fingerprint density at radius 2 is 1.68 bits per heavy atom. The molecule has 0 aliphatic rings. The highest BCUT2D eigenvalue weighted by atomic mass is 16.2. The lowest BCUT2D eigenvalue weighted by Crippen LogP contribution is -2.15. The van der Waals surface area contributed by atoms with Gasteiger partial charge < -0.3 is 10.6 Å². The molecule has 0 heterocycles. The Kier molecular flexibility index (Phi) is 6.06. The maximum Gasteiger partial charge on any atom is 0.224 e. The molecule has 4 heteroatoms. The molecule has 0 spiro atoms. The number of amides is 2. The Morgan fingerprint density at radius 3 is 2.21 bits per heavy atom. The minimum absolute atomic E-state index is 0.00770. The molecule has 1 unspecified atom stereocenters. The van der Waals surface area contributed by atoms with E-state index in [-0.39, 0.29) is 11.8 Å². The molecule has 0 bridgehead atoms. The smallest absolute Gasteiger partial charge is 0.224 e. The van der Waals surface area contributed by atoms with Crippen molar-refractivity contribution in [2.24, 2.45) is 5.92 Å². The number of carbonyl (C=O) groups excluding carboxylic acids is 2. The van der Waals surface area contributed by atoms with Crippen molar-refractivity contribution >= 4 is 23.2 Å². The topological polar surface area (TPSA) is 58.2 Å². The molecule has 2 N–H and O–H groups in total. The molecule has 4 nitrogen and oxygen atoms in total. The van der Waals surface area contributed by atoms with Crippen LogP contribution in [0.3, 0.4) is 0 Å². The Balaban J connectivity index is 2.61. The number of hydrogen-bond donors (Lipinski definition) is 2. The van der Waals surface area contributed by atoms with E-state index < -0.39 is 0 Å². The van der Waals surface area contributed by atoms with Crippen LogP contribution in [-0.4, -0.2) is 11.8 Å². The Morgan fingerprint density at radius 1 is 1.11 bits per heavy atom. The van der Waals surface area contributed by atoms with Gasteiger partial charge in [-0.2, -0.15) is 0 Å². The van der Waals surface area contributed by atoms with Gasteiger partial charge in [0.1, 0.15) is 0 Å². The average Bonchev–Trinajstić information content (AvgIpc) is 2.38. The van der Waals surface area contributed by atoms with Crippen LogP contribution in [0, 0.1) is 5.92 Å². The molecule has 0 saturated heterocycles. The minimum atomic E-state index is -0.0388. The number of hydrogen-bond acceptors (Lipinski definition) is 2. The predicted molar refractivity (Wildman–Crippen MR) is 78.1 cm³/mol. The SMILES string of the molecule is CCC(=O)Nc1cccc(NC(=O)CC(C)CC)c1. The second kappa shape index (κ2) is 7.56. The van der Waals surface area contributed by atoms with Gasteiger partial charge in [-0.05, 0) is 24.1 Å². The van der Waals surface area contributed by atoms with E-state index in [1.54, 1.807) is 19.1 Å². The van der Waals surface area contributed by atoms with Gasteiger partial charge in [0.2, 0.25) is 11.8 Å². The van der Waals surface area contributed by atoms with E-state index in [4.69, 9.17) is 0 Å². The van der Waals surface area contributed by atoms with Crippen LogP contribution in [0.15, 0.2) is 24.3 Å². The highest BCUT2D eigenvalue weighted by Gasteiger charge is 2.08. The first-order chi connectivity index (χ1) is 9.05. The molecule has 1 aromatic carbocycles. The summed E-state index contributed by atoms with van der Waals surface area (Å²) in [7, 11) is 0. The van der Waals surface area contributed by atoms with Gasteiger partial charge >= 0.3 is 0 Å². The van der Waals surface area contributed by atoms with Crippen LogP contribution in [0.25, 0.3) is 0 Å². The van der Waals surface area contributed by atoms with Crippen LogP contribution in [0.1, 0.15) is 40.0 Å². The van der Waals surface area contributed by atoms with Crippen LogP contribution in [0.2, 0.25) is 0 Å². The fourth-order valence-corrected chi connectivity index (χ4v) is 1.60. The third-order valence-corrected chi connectivity index (χ3v) is 2.98. The molecule has 1 atom stereocenters. The van der Waals surface area contributed by atoms with Gasteiger partial charge in [0.05, 0.1) is 0 Å². The number of rotatable bonds is 6. The van der Waals surface area contributed by atoms with Crippen molar-refractivity contribution < 1.29 is 9.59 Å². The summed E-state index contributed by atoms with van der Waals surface area (Å²) in [5, 5.41) is 5.62. The lowest BCUT2D eigenvalue weighted by Gasteiger charge is -2.10. The van der Waals surface area contributed by atoms with Gasteiger partial charge in [-0.1, -0.05) is 33.3 Å². The third kappa shape index (κ3) is 5.55. The monoisotopic (exact) mass is 262 g/mol. The van der Waals surface area contributed by atoms with Crippen LogP contribution >= 0.6 is 0 Å². The fraction of sp³-hybridized carbons (Fsp3) is 0.467. The molecule has 0 radical (unpaired) electrons. The largest absolute Gasteiger partial charge is 0.326 e. The normalized spacial score (nSPS) is 11.7. The maximum absolute atomic E-state index is 11.8. The number of carbonyl (C=O) groups is 2. The van der Waals surface area contributed by atoms with E-state index in [1.807, 2.05) is 12.1 Å². The van der Waals surface area contributed by atoms with Gasteiger partial charge in [0.25, 0.3) is 0 Å². The van der Waals surface area contributed by atoms with Crippen molar-refractivity contribution in [3.8, 4) is 0 Å². The van der Waals surface area contributed by atoms with E-state index in [1.165, 1.54) is 0 Å². The molecule has 1 rings (SSSR count). The summed E-state index contributed by atoms with van der Waals surface area (Å²) in [5.41, 5.74) is 1.41. The Bertz CT molecular complexity index is 444. The predicted octanol–water partition coefficient (Wildman–Crippen LogP) is 3.41. The van der Waals surface area contributed by atoms with Crippen molar-refractivity contribution in [2.75, 3.05) is 10.6 Å². The lowest BCUT2D eigenvalue weighted by atomic mass is 10.1. The van der Waals surface area contributed by atoms with Crippen molar-refractivity contribution in [3.63, 3.8) is 0 Å². The summed E-state index contributed by atoms with van der Waals surface area (Å²) in [4.78, 5) is 23.1. The first-order valence-electron chi connectivity index (χ1n) is 6.74. The summed E-state index contributed by atoms with van der Waals surface area (Å²) in [6.07, 6.45) is 1.94. The standard InChI is InChI=1S/C15H22N2O2/c1-4-11(3)9-15(19)17-13-8-6-7-12(10-13)16-14(18)5-2/h6-8,10-11H,4-5,9H2,1-3H3,(H,16,18)(H,17,19). The maximum atomic E-state index is 11.8. The second-order valence-corrected chi connectivity index (χ2v) is 4.75. The third-order valence-electron chi connectivity index (χ3n) is 2.98. The van der Waals surface area contributed by atoms with Gasteiger partial charge in [0, 0.05) is 24.2 Å². The Labute approximate surface area is 114 Å². The molecule has 19 heavy (non-hydrogen) atoms. The first-order valence-corrected chi connectivity index (χ1v) is 6.74. The summed E-state index contributed by atoms with van der Waals surface area (Å²) in [6, 6.07) is 7.19.